The molecule has 0 saturated carbocycles. The zero-order valence-electron chi connectivity index (χ0n) is 14.1. The fourth-order valence-corrected chi connectivity index (χ4v) is 2.26. The van der Waals surface area contributed by atoms with Crippen molar-refractivity contribution in [3.05, 3.63) is 59.9 Å². The number of carbonyl (C=O) groups excluding carboxylic acids is 1. The highest BCUT2D eigenvalue weighted by molar-refractivity contribution is 5.92. The highest BCUT2D eigenvalue weighted by Gasteiger charge is 2.08. The molecule has 1 amide bonds. The van der Waals surface area contributed by atoms with Crippen molar-refractivity contribution in [1.82, 2.24) is 10.3 Å². The molecule has 0 spiro atoms. The van der Waals surface area contributed by atoms with Crippen LogP contribution in [-0.4, -0.2) is 24.5 Å². The van der Waals surface area contributed by atoms with Gasteiger partial charge in [0.05, 0.1) is 11.9 Å². The summed E-state index contributed by atoms with van der Waals surface area (Å²) >= 11 is 0. The summed E-state index contributed by atoms with van der Waals surface area (Å²) in [5.74, 6) is 0.472. The fourth-order valence-electron chi connectivity index (χ4n) is 2.26. The van der Waals surface area contributed by atoms with E-state index >= 15 is 0 Å². The Labute approximate surface area is 138 Å². The summed E-state index contributed by atoms with van der Waals surface area (Å²) < 4.78 is 0. The highest BCUT2D eigenvalue weighted by Crippen LogP contribution is 2.14. The second-order valence-electron chi connectivity index (χ2n) is 6.18. The van der Waals surface area contributed by atoms with E-state index in [1.54, 1.807) is 12.3 Å². The number of rotatable bonds is 7. The van der Waals surface area contributed by atoms with Crippen LogP contribution in [0, 0.1) is 5.92 Å². The molecule has 1 aromatic carbocycles. The summed E-state index contributed by atoms with van der Waals surface area (Å²) in [6, 6.07) is 14.0. The van der Waals surface area contributed by atoms with Crippen LogP contribution in [0.2, 0.25) is 0 Å². The molecule has 122 valence electrons. The molecule has 4 nitrogen and oxygen atoms in total. The zero-order chi connectivity index (χ0) is 16.7. The molecule has 0 unspecified atom stereocenters. The van der Waals surface area contributed by atoms with Gasteiger partial charge in [0, 0.05) is 20.1 Å². The van der Waals surface area contributed by atoms with Crippen molar-refractivity contribution in [2.45, 2.75) is 26.8 Å². The van der Waals surface area contributed by atoms with Crippen LogP contribution in [0.25, 0.3) is 0 Å². The van der Waals surface area contributed by atoms with Gasteiger partial charge in [-0.1, -0.05) is 44.2 Å². The molecule has 0 saturated heterocycles. The summed E-state index contributed by atoms with van der Waals surface area (Å²) in [5.41, 5.74) is 2.70. The molecule has 2 rings (SSSR count). The second-order valence-corrected chi connectivity index (χ2v) is 6.18. The number of hydrogen-bond donors (Lipinski definition) is 1. The van der Waals surface area contributed by atoms with Crippen molar-refractivity contribution < 1.29 is 4.79 Å². The third-order valence-corrected chi connectivity index (χ3v) is 3.69. The van der Waals surface area contributed by atoms with Crippen LogP contribution >= 0.6 is 0 Å². The summed E-state index contributed by atoms with van der Waals surface area (Å²) in [7, 11) is 2.02. The van der Waals surface area contributed by atoms with Crippen molar-refractivity contribution in [1.29, 1.82) is 0 Å². The lowest BCUT2D eigenvalue weighted by atomic mass is 10.1. The van der Waals surface area contributed by atoms with Gasteiger partial charge in [-0.25, -0.2) is 4.98 Å². The first-order chi connectivity index (χ1) is 11.1. The predicted molar refractivity (Wildman–Crippen MR) is 94.6 cm³/mol. The number of carbonyl (C=O) groups is 1. The molecule has 0 bridgehead atoms. The number of aromatic nitrogens is 1. The SMILES string of the molecule is CC(C)CCNC(=O)c1ccc(N(C)Cc2ccccc2)cn1. The Hall–Kier alpha value is -2.36. The smallest absolute Gasteiger partial charge is 0.269 e. The van der Waals surface area contributed by atoms with E-state index in [1.165, 1.54) is 5.56 Å². The molecule has 0 aliphatic heterocycles. The lowest BCUT2D eigenvalue weighted by Crippen LogP contribution is -2.26. The molecule has 1 heterocycles. The maximum absolute atomic E-state index is 12.0. The molecule has 2 aromatic rings. The molecule has 23 heavy (non-hydrogen) atoms. The minimum absolute atomic E-state index is 0.108. The number of hydrogen-bond acceptors (Lipinski definition) is 3. The van der Waals surface area contributed by atoms with Crippen LogP contribution in [0.1, 0.15) is 36.3 Å². The quantitative estimate of drug-likeness (QED) is 0.851. The third-order valence-electron chi connectivity index (χ3n) is 3.69. The lowest BCUT2D eigenvalue weighted by molar-refractivity contribution is 0.0947. The Morgan fingerprint density at radius 3 is 2.52 bits per heavy atom. The van der Waals surface area contributed by atoms with E-state index in [9.17, 15) is 4.79 Å². The van der Waals surface area contributed by atoms with Gasteiger partial charge in [-0.2, -0.15) is 0 Å². The van der Waals surface area contributed by atoms with E-state index < -0.39 is 0 Å². The van der Waals surface area contributed by atoms with Crippen molar-refractivity contribution in [3.8, 4) is 0 Å². The van der Waals surface area contributed by atoms with E-state index in [-0.39, 0.29) is 5.91 Å². The van der Waals surface area contributed by atoms with Gasteiger partial charge in [-0.05, 0) is 30.0 Å². The van der Waals surface area contributed by atoms with Gasteiger partial charge >= 0.3 is 0 Å². The van der Waals surface area contributed by atoms with Gasteiger partial charge < -0.3 is 10.2 Å². The number of anilines is 1. The van der Waals surface area contributed by atoms with Crippen molar-refractivity contribution in [2.75, 3.05) is 18.5 Å². The second kappa shape index (κ2) is 8.32. The molecule has 0 aliphatic carbocycles. The van der Waals surface area contributed by atoms with Gasteiger partial charge in [0.1, 0.15) is 5.69 Å². The van der Waals surface area contributed by atoms with Crippen LogP contribution in [0.15, 0.2) is 48.7 Å². The highest BCUT2D eigenvalue weighted by atomic mass is 16.1. The lowest BCUT2D eigenvalue weighted by Gasteiger charge is -2.19. The van der Waals surface area contributed by atoms with E-state index in [4.69, 9.17) is 0 Å². The van der Waals surface area contributed by atoms with Crippen molar-refractivity contribution in [2.24, 2.45) is 5.92 Å². The first-order valence-electron chi connectivity index (χ1n) is 8.05. The van der Waals surface area contributed by atoms with E-state index in [2.05, 4.69) is 41.2 Å². The molecule has 0 radical (unpaired) electrons. The van der Waals surface area contributed by atoms with Crippen molar-refractivity contribution in [3.63, 3.8) is 0 Å². The molecule has 0 fully saturated rings. The van der Waals surface area contributed by atoms with Crippen LogP contribution in [0.5, 0.6) is 0 Å². The van der Waals surface area contributed by atoms with Gasteiger partial charge in [-0.3, -0.25) is 4.79 Å². The topological polar surface area (TPSA) is 45.2 Å². The zero-order valence-corrected chi connectivity index (χ0v) is 14.1. The maximum Gasteiger partial charge on any atom is 0.269 e. The summed E-state index contributed by atoms with van der Waals surface area (Å²) in [6.45, 7) is 5.78. The monoisotopic (exact) mass is 311 g/mol. The normalized spacial score (nSPS) is 10.6. The van der Waals surface area contributed by atoms with Crippen LogP contribution in [-0.2, 0) is 6.54 Å². The summed E-state index contributed by atoms with van der Waals surface area (Å²) in [6.07, 6.45) is 2.73. The Bertz CT molecular complexity index is 608. The molecule has 4 heteroatoms. The molecule has 1 N–H and O–H groups in total. The average molecular weight is 311 g/mol. The maximum atomic E-state index is 12.0. The molecule has 1 aromatic heterocycles. The first kappa shape index (κ1) is 17.0. The van der Waals surface area contributed by atoms with Gasteiger partial charge in [-0.15, -0.1) is 0 Å². The van der Waals surface area contributed by atoms with Crippen LogP contribution < -0.4 is 10.2 Å². The van der Waals surface area contributed by atoms with Gasteiger partial charge in [0.25, 0.3) is 5.91 Å². The minimum atomic E-state index is -0.108. The number of amides is 1. The third kappa shape index (κ3) is 5.40. The molecular weight excluding hydrogens is 286 g/mol. The average Bonchev–Trinajstić information content (AvgIpc) is 2.55. The molecular formula is C19H25N3O. The van der Waals surface area contributed by atoms with Gasteiger partial charge in [0.15, 0.2) is 0 Å². The minimum Gasteiger partial charge on any atom is -0.369 e. The Morgan fingerprint density at radius 2 is 1.91 bits per heavy atom. The Kier molecular flexibility index (Phi) is 6.15. The number of pyridine rings is 1. The van der Waals surface area contributed by atoms with E-state index in [0.717, 1.165) is 18.7 Å². The summed E-state index contributed by atoms with van der Waals surface area (Å²) in [5, 5.41) is 2.90. The Morgan fingerprint density at radius 1 is 1.17 bits per heavy atom. The van der Waals surface area contributed by atoms with Crippen LogP contribution in [0.4, 0.5) is 5.69 Å². The van der Waals surface area contributed by atoms with Crippen LogP contribution in [0.3, 0.4) is 0 Å². The number of benzene rings is 1. The largest absolute Gasteiger partial charge is 0.369 e. The standard InChI is InChI=1S/C19H25N3O/c1-15(2)11-12-20-19(23)18-10-9-17(13-21-18)22(3)14-16-7-5-4-6-8-16/h4-10,13,15H,11-12,14H2,1-3H3,(H,20,23). The van der Waals surface area contributed by atoms with E-state index in [0.29, 0.717) is 18.2 Å². The Balaban J connectivity index is 1.92. The fraction of sp³-hybridized carbons (Fsp3) is 0.368. The first-order valence-corrected chi connectivity index (χ1v) is 8.05. The molecule has 0 atom stereocenters. The van der Waals surface area contributed by atoms with E-state index in [1.807, 2.05) is 31.3 Å². The predicted octanol–water partition coefficient (Wildman–Crippen LogP) is 3.49. The van der Waals surface area contributed by atoms with Crippen molar-refractivity contribution >= 4 is 11.6 Å². The number of nitrogens with one attached hydrogen (secondary N) is 1. The van der Waals surface area contributed by atoms with Gasteiger partial charge in [0.2, 0.25) is 0 Å². The number of nitrogens with zero attached hydrogens (tertiary/aromatic N) is 2. The summed E-state index contributed by atoms with van der Waals surface area (Å²) in [4.78, 5) is 18.4. The molecule has 0 aliphatic rings.